The number of aliphatic hydroxyl groups excluding tert-OH is 2. The summed E-state index contributed by atoms with van der Waals surface area (Å²) in [5.41, 5.74) is 0.892. The Hall–Kier alpha value is -2.60. The van der Waals surface area contributed by atoms with Crippen LogP contribution in [0.5, 0.6) is 0 Å². The molecule has 3 rings (SSSR count). The number of nitrogens with one attached hydrogen (secondary N) is 1. The van der Waals surface area contributed by atoms with E-state index in [0.29, 0.717) is 23.4 Å². The van der Waals surface area contributed by atoms with E-state index in [2.05, 4.69) is 5.32 Å². The molecule has 0 fully saturated rings. The molecule has 3 N–H and O–H groups in total. The van der Waals surface area contributed by atoms with Gasteiger partial charge in [-0.2, -0.15) is 0 Å². The molecule has 25 heavy (non-hydrogen) atoms. The van der Waals surface area contributed by atoms with Crippen molar-refractivity contribution in [3.8, 4) is 0 Å². The van der Waals surface area contributed by atoms with Crippen LogP contribution in [-0.2, 0) is 0 Å². The highest BCUT2D eigenvalue weighted by atomic mass is 16.3. The Morgan fingerprint density at radius 3 is 2.24 bits per heavy atom. The van der Waals surface area contributed by atoms with Gasteiger partial charge in [0.2, 0.25) is 0 Å². The zero-order chi connectivity index (χ0) is 18.1. The van der Waals surface area contributed by atoms with Crippen LogP contribution in [0.1, 0.15) is 27.1 Å². The summed E-state index contributed by atoms with van der Waals surface area (Å²) < 4.78 is 0. The summed E-state index contributed by atoms with van der Waals surface area (Å²) in [6.45, 7) is 1.45. The third-order valence-corrected chi connectivity index (χ3v) is 4.64. The fraction of sp³-hybridized carbons (Fsp3) is 0.368. The Kier molecular flexibility index (Phi) is 4.63. The predicted octanol–water partition coefficient (Wildman–Crippen LogP) is 2.06. The first-order chi connectivity index (χ1) is 11.9. The van der Waals surface area contributed by atoms with Gasteiger partial charge in [-0.25, -0.2) is 0 Å². The Labute approximate surface area is 146 Å². The lowest BCUT2D eigenvalue weighted by atomic mass is 9.70. The van der Waals surface area contributed by atoms with Crippen molar-refractivity contribution in [3.63, 3.8) is 0 Å². The van der Waals surface area contributed by atoms with Crippen molar-refractivity contribution in [3.05, 3.63) is 58.7 Å². The van der Waals surface area contributed by atoms with Gasteiger partial charge in [0.1, 0.15) is 11.5 Å². The van der Waals surface area contributed by atoms with E-state index in [9.17, 15) is 19.8 Å². The molecule has 0 radical (unpaired) electrons. The van der Waals surface area contributed by atoms with Gasteiger partial charge in [-0.15, -0.1) is 0 Å². The van der Waals surface area contributed by atoms with E-state index < -0.39 is 11.8 Å². The number of carbonyl (C=O) groups excluding carboxylic acids is 2. The van der Waals surface area contributed by atoms with E-state index in [1.807, 2.05) is 19.0 Å². The van der Waals surface area contributed by atoms with Crippen molar-refractivity contribution < 1.29 is 19.8 Å². The summed E-state index contributed by atoms with van der Waals surface area (Å²) in [6.07, 6.45) is 2.19. The minimum absolute atomic E-state index is 0.180. The van der Waals surface area contributed by atoms with Crippen LogP contribution in [0.3, 0.4) is 0 Å². The number of allylic oxidation sites excluding steroid dienone is 3. The predicted molar refractivity (Wildman–Crippen MR) is 93.6 cm³/mol. The van der Waals surface area contributed by atoms with Crippen molar-refractivity contribution in [1.29, 1.82) is 0 Å². The third-order valence-electron chi connectivity index (χ3n) is 4.64. The molecule has 1 aromatic carbocycles. The number of hydrogen-bond donors (Lipinski definition) is 3. The van der Waals surface area contributed by atoms with E-state index in [1.165, 1.54) is 6.08 Å². The second-order valence-corrected chi connectivity index (χ2v) is 6.68. The van der Waals surface area contributed by atoms with Gasteiger partial charge < -0.3 is 20.4 Å². The lowest BCUT2D eigenvalue weighted by Crippen LogP contribution is -2.42. The number of hydrogen-bond acceptors (Lipinski definition) is 6. The first kappa shape index (κ1) is 17.2. The molecule has 0 spiro atoms. The molecule has 0 amide bonds. The smallest absolute Gasteiger partial charge is 0.175 e. The quantitative estimate of drug-likeness (QED) is 0.710. The summed E-state index contributed by atoms with van der Waals surface area (Å²) in [6, 6.07) is 6.53. The highest BCUT2D eigenvalue weighted by molar-refractivity contribution is 6.17. The lowest BCUT2D eigenvalue weighted by Gasteiger charge is -2.33. The van der Waals surface area contributed by atoms with Crippen LogP contribution in [0, 0.1) is 11.8 Å². The number of aliphatic hydroxyl groups is 2. The molecule has 6 nitrogen and oxygen atoms in total. The van der Waals surface area contributed by atoms with Crippen LogP contribution in [0.2, 0.25) is 0 Å². The summed E-state index contributed by atoms with van der Waals surface area (Å²) in [7, 11) is 3.94. The van der Waals surface area contributed by atoms with Gasteiger partial charge in [-0.3, -0.25) is 9.59 Å². The molecule has 2 atom stereocenters. The number of fused-ring (bicyclic) bond motifs is 2. The van der Waals surface area contributed by atoms with Gasteiger partial charge in [0, 0.05) is 23.7 Å². The van der Waals surface area contributed by atoms with Gasteiger partial charge in [0.25, 0.3) is 0 Å². The van der Waals surface area contributed by atoms with E-state index in [-0.39, 0.29) is 23.1 Å². The van der Waals surface area contributed by atoms with Crippen molar-refractivity contribution in [2.24, 2.45) is 11.8 Å². The number of benzene rings is 1. The van der Waals surface area contributed by atoms with Gasteiger partial charge in [0.15, 0.2) is 11.6 Å². The maximum atomic E-state index is 12.8. The monoisotopic (exact) mass is 342 g/mol. The van der Waals surface area contributed by atoms with E-state index in [4.69, 9.17) is 0 Å². The van der Waals surface area contributed by atoms with Crippen LogP contribution in [0.25, 0.3) is 0 Å². The molecule has 0 aromatic heterocycles. The Balaban J connectivity index is 1.89. The zero-order valence-electron chi connectivity index (χ0n) is 14.3. The van der Waals surface area contributed by atoms with Crippen LogP contribution >= 0.6 is 0 Å². The van der Waals surface area contributed by atoms with E-state index in [0.717, 1.165) is 13.0 Å². The summed E-state index contributed by atoms with van der Waals surface area (Å²) in [4.78, 5) is 27.5. The van der Waals surface area contributed by atoms with Crippen LogP contribution in [0.4, 0.5) is 0 Å². The number of rotatable bonds is 5. The number of nitrogens with zero attached hydrogens (tertiary/aromatic N) is 1. The van der Waals surface area contributed by atoms with E-state index in [1.54, 1.807) is 24.3 Å². The number of ketones is 2. The molecule has 0 heterocycles. The minimum Gasteiger partial charge on any atom is -0.511 e. The first-order valence-electron chi connectivity index (χ1n) is 8.31. The average Bonchev–Trinajstić information content (AvgIpc) is 2.58. The molecule has 0 aliphatic heterocycles. The molecule has 0 saturated heterocycles. The highest BCUT2D eigenvalue weighted by Gasteiger charge is 2.48. The van der Waals surface area contributed by atoms with Crippen molar-refractivity contribution in [2.75, 3.05) is 27.2 Å². The van der Waals surface area contributed by atoms with Crippen LogP contribution < -0.4 is 5.32 Å². The summed E-state index contributed by atoms with van der Waals surface area (Å²) in [5.74, 6) is -3.16. The second-order valence-electron chi connectivity index (χ2n) is 6.68. The van der Waals surface area contributed by atoms with Gasteiger partial charge >= 0.3 is 0 Å². The zero-order valence-corrected chi connectivity index (χ0v) is 14.3. The highest BCUT2D eigenvalue weighted by Crippen LogP contribution is 2.40. The fourth-order valence-electron chi connectivity index (χ4n) is 3.38. The second kappa shape index (κ2) is 6.72. The van der Waals surface area contributed by atoms with Gasteiger partial charge in [0.05, 0.1) is 17.5 Å². The van der Waals surface area contributed by atoms with Crippen molar-refractivity contribution in [1.82, 2.24) is 10.2 Å². The van der Waals surface area contributed by atoms with E-state index >= 15 is 0 Å². The minimum atomic E-state index is -1.07. The first-order valence-corrected chi connectivity index (χ1v) is 8.31. The third kappa shape index (κ3) is 3.05. The SMILES string of the molecule is CN(C)CCCNC1=C(O)C2C(=O)c3ccccc3C(=O)C2C(O)=C1. The standard InChI is InChI=1S/C19H22N2O4/c1-21(2)9-5-8-20-13-10-14(22)15-16(19(13)25)18(24)12-7-4-3-6-11(12)17(15)23/h3-4,6-7,10,15-16,20,22,25H,5,8-9H2,1-2H3. The molecular weight excluding hydrogens is 320 g/mol. The molecular formula is C19H22N2O4. The summed E-state index contributed by atoms with van der Waals surface area (Å²) in [5, 5.41) is 24.0. The van der Waals surface area contributed by atoms with Crippen molar-refractivity contribution >= 4 is 11.6 Å². The fourth-order valence-corrected chi connectivity index (χ4v) is 3.38. The van der Waals surface area contributed by atoms with Crippen molar-refractivity contribution in [2.45, 2.75) is 6.42 Å². The largest absolute Gasteiger partial charge is 0.511 e. The number of Topliss-reactive ketones (excluding diaryl/α,β-unsaturated/α-hetero) is 2. The molecule has 2 aliphatic carbocycles. The molecule has 0 bridgehead atoms. The Bertz CT molecular complexity index is 779. The maximum absolute atomic E-state index is 12.8. The Morgan fingerprint density at radius 2 is 1.64 bits per heavy atom. The molecule has 0 saturated carbocycles. The topological polar surface area (TPSA) is 89.9 Å². The lowest BCUT2D eigenvalue weighted by molar-refractivity contribution is 0.0703. The van der Waals surface area contributed by atoms with Gasteiger partial charge in [-0.05, 0) is 27.1 Å². The normalized spacial score (nSPS) is 22.6. The average molecular weight is 342 g/mol. The molecule has 2 aliphatic rings. The maximum Gasteiger partial charge on any atom is 0.175 e. The molecule has 2 unspecified atom stereocenters. The van der Waals surface area contributed by atoms with Crippen LogP contribution in [-0.4, -0.2) is 53.9 Å². The van der Waals surface area contributed by atoms with Gasteiger partial charge in [-0.1, -0.05) is 24.3 Å². The number of carbonyl (C=O) groups is 2. The summed E-state index contributed by atoms with van der Waals surface area (Å²) >= 11 is 0. The van der Waals surface area contributed by atoms with Crippen LogP contribution in [0.15, 0.2) is 47.6 Å². The molecule has 1 aromatic rings. The molecule has 6 heteroatoms. The molecule has 132 valence electrons. The Morgan fingerprint density at radius 1 is 1.04 bits per heavy atom.